The summed E-state index contributed by atoms with van der Waals surface area (Å²) in [5.41, 5.74) is 1.92. The molecule has 2 aromatic carbocycles. The molecule has 0 fully saturated rings. The van der Waals surface area contributed by atoms with Crippen LogP contribution in [-0.4, -0.2) is 16.1 Å². The largest absolute Gasteiger partial charge is 0.432 e. The number of aryl methyl sites for hydroxylation is 1. The van der Waals surface area contributed by atoms with Crippen molar-refractivity contribution < 1.29 is 22.3 Å². The van der Waals surface area contributed by atoms with Crippen LogP contribution in [-0.2, 0) is 6.42 Å². The molecular formula is C21H15F4N3O. The van der Waals surface area contributed by atoms with Crippen molar-refractivity contribution in [3.63, 3.8) is 0 Å². The fourth-order valence-electron chi connectivity index (χ4n) is 3.19. The lowest BCUT2D eigenvalue weighted by Gasteiger charge is -2.12. The molecule has 0 aliphatic carbocycles. The Morgan fingerprint density at radius 3 is 2.52 bits per heavy atom. The number of halogens is 4. The quantitative estimate of drug-likeness (QED) is 0.600. The lowest BCUT2D eigenvalue weighted by atomic mass is 10.0. The van der Waals surface area contributed by atoms with Gasteiger partial charge in [0, 0.05) is 16.8 Å². The van der Waals surface area contributed by atoms with E-state index in [4.69, 9.17) is 0 Å². The predicted molar refractivity (Wildman–Crippen MR) is 100 cm³/mol. The SMILES string of the molecule is C=C(Nc1cnc(-c2cc3c(cc2C)OC(F)(F)C3)cn1)c1c(F)cccc1F. The van der Waals surface area contributed by atoms with E-state index in [9.17, 15) is 17.6 Å². The molecule has 2 heterocycles. The highest BCUT2D eigenvalue weighted by Crippen LogP contribution is 2.40. The first kappa shape index (κ1) is 18.9. The first-order chi connectivity index (χ1) is 13.7. The van der Waals surface area contributed by atoms with E-state index in [1.807, 2.05) is 0 Å². The first-order valence-corrected chi connectivity index (χ1v) is 8.66. The lowest BCUT2D eigenvalue weighted by Crippen LogP contribution is -2.20. The van der Waals surface area contributed by atoms with Gasteiger partial charge in [-0.05, 0) is 36.8 Å². The van der Waals surface area contributed by atoms with Gasteiger partial charge in [0.2, 0.25) is 0 Å². The number of fused-ring (bicyclic) bond motifs is 1. The molecule has 0 saturated carbocycles. The predicted octanol–water partition coefficient (Wildman–Crippen LogP) is 5.34. The maximum Gasteiger partial charge on any atom is 0.402 e. The number of alkyl halides is 2. The summed E-state index contributed by atoms with van der Waals surface area (Å²) >= 11 is 0. The van der Waals surface area contributed by atoms with Crippen LogP contribution in [0, 0.1) is 18.6 Å². The summed E-state index contributed by atoms with van der Waals surface area (Å²) in [7, 11) is 0. The summed E-state index contributed by atoms with van der Waals surface area (Å²) in [5.74, 6) is -1.11. The van der Waals surface area contributed by atoms with Crippen molar-refractivity contribution in [2.24, 2.45) is 0 Å². The number of rotatable bonds is 4. The molecule has 1 aromatic heterocycles. The number of ether oxygens (including phenoxy) is 1. The van der Waals surface area contributed by atoms with Crippen LogP contribution in [0.5, 0.6) is 5.75 Å². The number of benzene rings is 2. The first-order valence-electron chi connectivity index (χ1n) is 8.66. The summed E-state index contributed by atoms with van der Waals surface area (Å²) in [5, 5.41) is 2.72. The van der Waals surface area contributed by atoms with E-state index in [0.717, 1.165) is 12.1 Å². The van der Waals surface area contributed by atoms with Crippen LogP contribution in [0.1, 0.15) is 16.7 Å². The van der Waals surface area contributed by atoms with Crippen LogP contribution in [0.4, 0.5) is 23.4 Å². The van der Waals surface area contributed by atoms with Gasteiger partial charge >= 0.3 is 6.11 Å². The molecule has 8 heteroatoms. The molecule has 1 aliphatic heterocycles. The maximum absolute atomic E-state index is 13.9. The third-order valence-corrected chi connectivity index (χ3v) is 4.53. The van der Waals surface area contributed by atoms with Crippen LogP contribution < -0.4 is 10.1 Å². The molecule has 0 radical (unpaired) electrons. The zero-order valence-electron chi connectivity index (χ0n) is 15.3. The van der Waals surface area contributed by atoms with Crippen molar-refractivity contribution in [3.8, 4) is 17.0 Å². The number of hydrogen-bond acceptors (Lipinski definition) is 4. The van der Waals surface area contributed by atoms with Gasteiger partial charge in [0.25, 0.3) is 0 Å². The van der Waals surface area contributed by atoms with Crippen LogP contribution in [0.2, 0.25) is 0 Å². The summed E-state index contributed by atoms with van der Waals surface area (Å²) in [6, 6.07) is 6.67. The number of hydrogen-bond donors (Lipinski definition) is 1. The molecule has 4 nitrogen and oxygen atoms in total. The van der Waals surface area contributed by atoms with Crippen molar-refractivity contribution in [1.29, 1.82) is 0 Å². The minimum Gasteiger partial charge on any atom is -0.432 e. The minimum atomic E-state index is -3.21. The normalized spacial score (nSPS) is 14.2. The van der Waals surface area contributed by atoms with Crippen LogP contribution in [0.25, 0.3) is 17.0 Å². The third kappa shape index (κ3) is 3.65. The highest BCUT2D eigenvalue weighted by atomic mass is 19.3. The van der Waals surface area contributed by atoms with Crippen molar-refractivity contribution >= 4 is 11.5 Å². The van der Waals surface area contributed by atoms with Gasteiger partial charge in [-0.15, -0.1) is 0 Å². The summed E-state index contributed by atoms with van der Waals surface area (Å²) < 4.78 is 59.3. The second-order valence-corrected chi connectivity index (χ2v) is 6.68. The van der Waals surface area contributed by atoms with E-state index >= 15 is 0 Å². The van der Waals surface area contributed by atoms with Crippen LogP contribution >= 0.6 is 0 Å². The average Bonchev–Trinajstić information content (AvgIpc) is 2.94. The van der Waals surface area contributed by atoms with Crippen molar-refractivity contribution in [1.82, 2.24) is 9.97 Å². The van der Waals surface area contributed by atoms with Crippen molar-refractivity contribution in [2.75, 3.05) is 5.32 Å². The molecule has 148 valence electrons. The molecule has 4 rings (SSSR count). The van der Waals surface area contributed by atoms with E-state index in [2.05, 4.69) is 26.6 Å². The Balaban J connectivity index is 1.57. The summed E-state index contributed by atoms with van der Waals surface area (Å²) in [6.07, 6.45) is -0.904. The molecule has 0 spiro atoms. The van der Waals surface area contributed by atoms with Crippen molar-refractivity contribution in [3.05, 3.63) is 77.6 Å². The Kier molecular flexibility index (Phi) is 4.49. The summed E-state index contributed by atoms with van der Waals surface area (Å²) in [4.78, 5) is 8.47. The van der Waals surface area contributed by atoms with Crippen LogP contribution in [0.3, 0.4) is 0 Å². The topological polar surface area (TPSA) is 47.0 Å². The molecule has 29 heavy (non-hydrogen) atoms. The molecule has 3 aromatic rings. The molecular weight excluding hydrogens is 386 g/mol. The number of nitrogens with one attached hydrogen (secondary N) is 1. The van der Waals surface area contributed by atoms with E-state index in [0.29, 0.717) is 22.4 Å². The molecule has 0 saturated heterocycles. The average molecular weight is 401 g/mol. The second-order valence-electron chi connectivity index (χ2n) is 6.68. The Morgan fingerprint density at radius 1 is 1.14 bits per heavy atom. The van der Waals surface area contributed by atoms with Gasteiger partial charge in [-0.3, -0.25) is 4.98 Å². The molecule has 1 N–H and O–H groups in total. The van der Waals surface area contributed by atoms with E-state index < -0.39 is 24.2 Å². The smallest absolute Gasteiger partial charge is 0.402 e. The molecule has 0 amide bonds. The number of aromatic nitrogens is 2. The monoisotopic (exact) mass is 401 g/mol. The Bertz CT molecular complexity index is 1090. The third-order valence-electron chi connectivity index (χ3n) is 4.53. The van der Waals surface area contributed by atoms with Gasteiger partial charge in [0.05, 0.1) is 30.1 Å². The van der Waals surface area contributed by atoms with Gasteiger partial charge in [0.15, 0.2) is 0 Å². The number of anilines is 1. The van der Waals surface area contributed by atoms with Gasteiger partial charge in [-0.2, -0.15) is 8.78 Å². The van der Waals surface area contributed by atoms with E-state index in [1.54, 1.807) is 19.1 Å². The highest BCUT2D eigenvalue weighted by molar-refractivity contribution is 5.75. The molecule has 0 unspecified atom stereocenters. The Hall–Kier alpha value is -3.42. The fourth-order valence-corrected chi connectivity index (χ4v) is 3.19. The Morgan fingerprint density at radius 2 is 1.86 bits per heavy atom. The second kappa shape index (κ2) is 6.88. The Labute approximate surface area is 163 Å². The lowest BCUT2D eigenvalue weighted by molar-refractivity contribution is -0.159. The van der Waals surface area contributed by atoms with Crippen LogP contribution in [0.15, 0.2) is 49.3 Å². The zero-order valence-corrected chi connectivity index (χ0v) is 15.3. The van der Waals surface area contributed by atoms with Gasteiger partial charge in [-0.25, -0.2) is 13.8 Å². The molecule has 0 atom stereocenters. The molecule has 1 aliphatic rings. The number of nitrogens with zero attached hydrogens (tertiary/aromatic N) is 2. The standard InChI is InChI=1S/C21H15F4N3O/c1-11-6-18-13(8-21(24,25)29-18)7-14(11)17-9-27-19(10-26-17)28-12(2)20-15(22)4-3-5-16(20)23/h3-7,9-10H,2,8H2,1H3,(H,27,28). The van der Waals surface area contributed by atoms with E-state index in [-0.39, 0.29) is 22.8 Å². The van der Waals surface area contributed by atoms with Gasteiger partial charge in [0.1, 0.15) is 23.2 Å². The van der Waals surface area contributed by atoms with Gasteiger partial charge < -0.3 is 10.1 Å². The van der Waals surface area contributed by atoms with E-state index in [1.165, 1.54) is 18.5 Å². The molecule has 0 bridgehead atoms. The fraction of sp³-hybridized carbons (Fsp3) is 0.143. The van der Waals surface area contributed by atoms with Gasteiger partial charge in [-0.1, -0.05) is 12.6 Å². The zero-order chi connectivity index (χ0) is 20.8. The van der Waals surface area contributed by atoms with Crippen molar-refractivity contribution in [2.45, 2.75) is 19.5 Å². The maximum atomic E-state index is 13.9. The minimum absolute atomic E-state index is 0.00394. The summed E-state index contributed by atoms with van der Waals surface area (Å²) in [6.45, 7) is 5.40. The highest BCUT2D eigenvalue weighted by Gasteiger charge is 2.40.